The number of nitrogens with zero attached hydrogens (tertiary/aromatic N) is 3. The van der Waals surface area contributed by atoms with Crippen molar-refractivity contribution in [2.45, 2.75) is 18.8 Å². The van der Waals surface area contributed by atoms with Gasteiger partial charge in [0.2, 0.25) is 0 Å². The normalized spacial score (nSPS) is 22.4. The van der Waals surface area contributed by atoms with Gasteiger partial charge < -0.3 is 9.80 Å². The molecule has 88 valence electrons. The molecule has 2 heterocycles. The zero-order valence-electron chi connectivity index (χ0n) is 9.86. The molecular weight excluding hydrogens is 222 g/mol. The fraction of sp³-hybridized carbons (Fsp3) is 0.583. The second kappa shape index (κ2) is 5.02. The summed E-state index contributed by atoms with van der Waals surface area (Å²) in [5.41, 5.74) is 2.19. The Bertz CT molecular complexity index is 356. The van der Waals surface area contributed by atoms with Crippen LogP contribution < -0.4 is 4.90 Å². The third kappa shape index (κ3) is 2.47. The molecule has 0 bridgehead atoms. The van der Waals surface area contributed by atoms with E-state index >= 15 is 0 Å². The summed E-state index contributed by atoms with van der Waals surface area (Å²) in [7, 11) is 2.18. The van der Waals surface area contributed by atoms with E-state index in [2.05, 4.69) is 40.9 Å². The van der Waals surface area contributed by atoms with Crippen molar-refractivity contribution in [3.05, 3.63) is 24.0 Å². The molecule has 1 aromatic rings. The average molecular weight is 240 g/mol. The fourth-order valence-corrected chi connectivity index (χ4v) is 2.16. The standard InChI is InChI=1S/C12H18ClN3/c1-10-9-16(6-5-15(10)2)12-3-4-14-11(7-12)8-13/h3-4,7,10H,5-6,8-9H2,1-2H3. The van der Waals surface area contributed by atoms with Crippen LogP contribution in [0.15, 0.2) is 18.3 Å². The van der Waals surface area contributed by atoms with E-state index in [0.717, 1.165) is 25.3 Å². The van der Waals surface area contributed by atoms with Crippen LogP contribution in [0.1, 0.15) is 12.6 Å². The molecule has 1 aliphatic rings. The van der Waals surface area contributed by atoms with Crippen LogP contribution in [0.4, 0.5) is 5.69 Å². The highest BCUT2D eigenvalue weighted by Crippen LogP contribution is 2.19. The Balaban J connectivity index is 2.12. The van der Waals surface area contributed by atoms with E-state index in [1.165, 1.54) is 5.69 Å². The molecule has 3 nitrogen and oxygen atoms in total. The van der Waals surface area contributed by atoms with Gasteiger partial charge in [-0.25, -0.2) is 0 Å². The Kier molecular flexibility index (Phi) is 3.66. The first-order chi connectivity index (χ1) is 7.70. The largest absolute Gasteiger partial charge is 0.369 e. The number of hydrogen-bond donors (Lipinski definition) is 0. The average Bonchev–Trinajstić information content (AvgIpc) is 2.33. The lowest BCUT2D eigenvalue weighted by atomic mass is 10.2. The van der Waals surface area contributed by atoms with Crippen LogP contribution in [-0.4, -0.2) is 42.6 Å². The lowest BCUT2D eigenvalue weighted by Gasteiger charge is -2.39. The maximum Gasteiger partial charge on any atom is 0.0648 e. The molecule has 1 saturated heterocycles. The third-order valence-electron chi connectivity index (χ3n) is 3.26. The Morgan fingerprint density at radius 3 is 3.00 bits per heavy atom. The van der Waals surface area contributed by atoms with Gasteiger partial charge in [0.1, 0.15) is 0 Å². The number of likely N-dealkylation sites (N-methyl/N-ethyl adjacent to an activating group) is 1. The summed E-state index contributed by atoms with van der Waals surface area (Å²) in [6, 6.07) is 4.75. The number of anilines is 1. The SMILES string of the molecule is CC1CN(c2ccnc(CCl)c2)CCN1C. The second-order valence-corrected chi connectivity index (χ2v) is 4.68. The Labute approximate surface area is 102 Å². The molecule has 0 amide bonds. The predicted octanol–water partition coefficient (Wildman–Crippen LogP) is 1.96. The molecule has 0 radical (unpaired) electrons. The van der Waals surface area contributed by atoms with E-state index in [0.29, 0.717) is 11.9 Å². The van der Waals surface area contributed by atoms with Gasteiger partial charge in [-0.2, -0.15) is 0 Å². The van der Waals surface area contributed by atoms with Gasteiger partial charge in [0.25, 0.3) is 0 Å². The molecule has 0 saturated carbocycles. The molecule has 1 aromatic heterocycles. The second-order valence-electron chi connectivity index (χ2n) is 4.41. The summed E-state index contributed by atoms with van der Waals surface area (Å²) in [5, 5.41) is 0. The molecule has 4 heteroatoms. The Morgan fingerprint density at radius 2 is 2.31 bits per heavy atom. The van der Waals surface area contributed by atoms with Crippen LogP contribution in [0.25, 0.3) is 0 Å². The first-order valence-corrected chi connectivity index (χ1v) is 6.20. The van der Waals surface area contributed by atoms with Crippen molar-refractivity contribution in [1.82, 2.24) is 9.88 Å². The van der Waals surface area contributed by atoms with Gasteiger partial charge in [0.15, 0.2) is 0 Å². The topological polar surface area (TPSA) is 19.4 Å². The smallest absolute Gasteiger partial charge is 0.0648 e. The molecular formula is C12H18ClN3. The van der Waals surface area contributed by atoms with Crippen LogP contribution >= 0.6 is 11.6 Å². The van der Waals surface area contributed by atoms with E-state index < -0.39 is 0 Å². The van der Waals surface area contributed by atoms with Gasteiger partial charge >= 0.3 is 0 Å². The summed E-state index contributed by atoms with van der Waals surface area (Å²) in [5.74, 6) is 0.483. The van der Waals surface area contributed by atoms with Gasteiger partial charge in [-0.3, -0.25) is 4.98 Å². The fourth-order valence-electron chi connectivity index (χ4n) is 2.02. The van der Waals surface area contributed by atoms with Crippen molar-refractivity contribution >= 4 is 17.3 Å². The zero-order valence-corrected chi connectivity index (χ0v) is 10.6. The van der Waals surface area contributed by atoms with Gasteiger partial charge in [0.05, 0.1) is 11.6 Å². The summed E-state index contributed by atoms with van der Waals surface area (Å²) >= 11 is 5.80. The maximum absolute atomic E-state index is 5.80. The minimum atomic E-state index is 0.483. The summed E-state index contributed by atoms with van der Waals surface area (Å²) in [6.07, 6.45) is 1.84. The number of hydrogen-bond acceptors (Lipinski definition) is 3. The molecule has 1 atom stereocenters. The minimum absolute atomic E-state index is 0.483. The lowest BCUT2D eigenvalue weighted by molar-refractivity contribution is 0.234. The monoisotopic (exact) mass is 239 g/mol. The molecule has 1 fully saturated rings. The van der Waals surface area contributed by atoms with Crippen LogP contribution in [-0.2, 0) is 5.88 Å². The number of aromatic nitrogens is 1. The third-order valence-corrected chi connectivity index (χ3v) is 3.54. The van der Waals surface area contributed by atoms with E-state index in [9.17, 15) is 0 Å². The molecule has 0 aliphatic carbocycles. The van der Waals surface area contributed by atoms with Crippen molar-refractivity contribution in [1.29, 1.82) is 0 Å². The quantitative estimate of drug-likeness (QED) is 0.736. The van der Waals surface area contributed by atoms with Crippen molar-refractivity contribution in [2.75, 3.05) is 31.6 Å². The lowest BCUT2D eigenvalue weighted by Crippen LogP contribution is -2.50. The van der Waals surface area contributed by atoms with Crippen molar-refractivity contribution < 1.29 is 0 Å². The van der Waals surface area contributed by atoms with Crippen LogP contribution in [0.5, 0.6) is 0 Å². The van der Waals surface area contributed by atoms with Gasteiger partial charge in [-0.15, -0.1) is 11.6 Å². The highest BCUT2D eigenvalue weighted by molar-refractivity contribution is 6.16. The van der Waals surface area contributed by atoms with Crippen molar-refractivity contribution in [2.24, 2.45) is 0 Å². The van der Waals surface area contributed by atoms with E-state index in [1.54, 1.807) is 0 Å². The van der Waals surface area contributed by atoms with Crippen LogP contribution in [0, 0.1) is 0 Å². The van der Waals surface area contributed by atoms with Crippen molar-refractivity contribution in [3.8, 4) is 0 Å². The number of pyridine rings is 1. The van der Waals surface area contributed by atoms with Crippen LogP contribution in [0.3, 0.4) is 0 Å². The maximum atomic E-state index is 5.80. The van der Waals surface area contributed by atoms with Crippen LogP contribution in [0.2, 0.25) is 0 Å². The Hall–Kier alpha value is -0.800. The predicted molar refractivity (Wildman–Crippen MR) is 68.1 cm³/mol. The number of rotatable bonds is 2. The molecule has 1 unspecified atom stereocenters. The molecule has 2 rings (SSSR count). The van der Waals surface area contributed by atoms with Gasteiger partial charge in [-0.05, 0) is 26.1 Å². The Morgan fingerprint density at radius 1 is 1.50 bits per heavy atom. The molecule has 1 aliphatic heterocycles. The molecule has 0 N–H and O–H groups in total. The van der Waals surface area contributed by atoms with Gasteiger partial charge in [0, 0.05) is 37.6 Å². The van der Waals surface area contributed by atoms with Crippen molar-refractivity contribution in [3.63, 3.8) is 0 Å². The molecule has 0 aromatic carbocycles. The molecule has 16 heavy (non-hydrogen) atoms. The number of alkyl halides is 1. The number of piperazine rings is 1. The minimum Gasteiger partial charge on any atom is -0.369 e. The van der Waals surface area contributed by atoms with E-state index in [-0.39, 0.29) is 0 Å². The first-order valence-electron chi connectivity index (χ1n) is 5.67. The highest BCUT2D eigenvalue weighted by atomic mass is 35.5. The van der Waals surface area contributed by atoms with E-state index in [1.807, 2.05) is 6.20 Å². The summed E-state index contributed by atoms with van der Waals surface area (Å²) < 4.78 is 0. The number of halogens is 1. The van der Waals surface area contributed by atoms with Gasteiger partial charge in [-0.1, -0.05) is 0 Å². The molecule has 0 spiro atoms. The summed E-state index contributed by atoms with van der Waals surface area (Å²) in [6.45, 7) is 5.52. The van der Waals surface area contributed by atoms with E-state index in [4.69, 9.17) is 11.6 Å². The zero-order chi connectivity index (χ0) is 11.5. The summed E-state index contributed by atoms with van der Waals surface area (Å²) in [4.78, 5) is 9.01. The first kappa shape index (κ1) is 11.7. The highest BCUT2D eigenvalue weighted by Gasteiger charge is 2.20.